The van der Waals surface area contributed by atoms with Crippen molar-refractivity contribution in [2.75, 3.05) is 11.4 Å². The largest absolute Gasteiger partial charge is 0.295 e. The van der Waals surface area contributed by atoms with Gasteiger partial charge in [0.2, 0.25) is 5.91 Å². The summed E-state index contributed by atoms with van der Waals surface area (Å²) in [4.78, 5) is 36.3. The van der Waals surface area contributed by atoms with Crippen LogP contribution in [0, 0.1) is 11.3 Å². The summed E-state index contributed by atoms with van der Waals surface area (Å²) in [5.74, 6) is -0.772. The number of carbonyl (C=O) groups is 3. The lowest BCUT2D eigenvalue weighted by Crippen LogP contribution is -2.39. The molecule has 1 heterocycles. The number of nitrogens with zero attached hydrogens (tertiary/aromatic N) is 2. The highest BCUT2D eigenvalue weighted by atomic mass is 16.2. The van der Waals surface area contributed by atoms with Crippen molar-refractivity contribution < 1.29 is 14.4 Å². The molecule has 1 aromatic carbocycles. The van der Waals surface area contributed by atoms with E-state index < -0.39 is 6.04 Å². The van der Waals surface area contributed by atoms with E-state index in [1.807, 2.05) is 6.07 Å². The number of ketones is 1. The maximum atomic E-state index is 12.1. The van der Waals surface area contributed by atoms with Gasteiger partial charge in [-0.25, -0.2) is 4.90 Å². The minimum absolute atomic E-state index is 0.0147. The summed E-state index contributed by atoms with van der Waals surface area (Å²) in [6.07, 6.45) is 0.0367. The highest BCUT2D eigenvalue weighted by Crippen LogP contribution is 2.23. The molecule has 0 aromatic heterocycles. The minimum atomic E-state index is -0.658. The molecule has 0 aliphatic carbocycles. The molecule has 1 atom stereocenters. The number of hydrogen-bond acceptors (Lipinski definition) is 5. The van der Waals surface area contributed by atoms with Crippen LogP contribution in [0.4, 0.5) is 5.69 Å². The van der Waals surface area contributed by atoms with Crippen LogP contribution in [0.25, 0.3) is 0 Å². The van der Waals surface area contributed by atoms with E-state index in [1.54, 1.807) is 24.3 Å². The van der Waals surface area contributed by atoms with Crippen molar-refractivity contribution in [3.05, 3.63) is 29.8 Å². The average molecular weight is 271 g/mol. The van der Waals surface area contributed by atoms with E-state index in [4.69, 9.17) is 5.26 Å². The number of benzene rings is 1. The van der Waals surface area contributed by atoms with Crippen LogP contribution in [0.3, 0.4) is 0 Å². The van der Waals surface area contributed by atoms with E-state index in [-0.39, 0.29) is 30.6 Å². The van der Waals surface area contributed by atoms with Crippen LogP contribution in [-0.2, 0) is 9.59 Å². The van der Waals surface area contributed by atoms with Gasteiger partial charge in [0.15, 0.2) is 5.78 Å². The van der Waals surface area contributed by atoms with Crippen molar-refractivity contribution in [1.82, 2.24) is 5.32 Å². The molecule has 6 nitrogen and oxygen atoms in total. The van der Waals surface area contributed by atoms with E-state index in [9.17, 15) is 14.4 Å². The summed E-state index contributed by atoms with van der Waals surface area (Å²) in [6, 6.07) is 7.51. The summed E-state index contributed by atoms with van der Waals surface area (Å²) in [5, 5.41) is 11.2. The van der Waals surface area contributed by atoms with Crippen LogP contribution in [0.2, 0.25) is 0 Å². The molecule has 1 aliphatic heterocycles. The Morgan fingerprint density at radius 2 is 2.05 bits per heavy atom. The van der Waals surface area contributed by atoms with E-state index in [0.717, 1.165) is 4.90 Å². The fraction of sp³-hybridized carbons (Fsp3) is 0.286. The van der Waals surface area contributed by atoms with Crippen LogP contribution in [0.15, 0.2) is 24.3 Å². The molecule has 1 saturated heterocycles. The number of carbonyl (C=O) groups excluding carboxylic acids is 3. The predicted molar refractivity (Wildman–Crippen MR) is 71.0 cm³/mol. The molecule has 0 bridgehead atoms. The standard InChI is InChI=1S/C14H13N3O3/c1-9(18)10-2-4-11(5-3-10)17-13(19)8-12(14(17)20)16-7-6-15/h2-5,12,16H,7-8H2,1H3. The van der Waals surface area contributed by atoms with Crippen molar-refractivity contribution in [2.24, 2.45) is 0 Å². The fourth-order valence-corrected chi connectivity index (χ4v) is 2.08. The van der Waals surface area contributed by atoms with E-state index in [1.165, 1.54) is 6.92 Å². The lowest BCUT2D eigenvalue weighted by molar-refractivity contribution is -0.121. The second-order valence-electron chi connectivity index (χ2n) is 4.47. The Bertz CT molecular complexity index is 601. The van der Waals surface area contributed by atoms with Crippen molar-refractivity contribution in [1.29, 1.82) is 5.26 Å². The Kier molecular flexibility index (Phi) is 3.91. The molecule has 0 spiro atoms. The Labute approximate surface area is 116 Å². The first kappa shape index (κ1) is 13.9. The van der Waals surface area contributed by atoms with Crippen molar-refractivity contribution in [2.45, 2.75) is 19.4 Å². The summed E-state index contributed by atoms with van der Waals surface area (Å²) in [5.41, 5.74) is 0.957. The highest BCUT2D eigenvalue weighted by molar-refractivity contribution is 6.22. The third-order valence-electron chi connectivity index (χ3n) is 3.11. The molecule has 20 heavy (non-hydrogen) atoms. The fourth-order valence-electron chi connectivity index (χ4n) is 2.08. The summed E-state index contributed by atoms with van der Waals surface area (Å²) in [7, 11) is 0. The third-order valence-corrected chi connectivity index (χ3v) is 3.11. The van der Waals surface area contributed by atoms with Gasteiger partial charge in [-0.2, -0.15) is 5.26 Å². The molecule has 0 radical (unpaired) electrons. The molecule has 0 saturated carbocycles. The van der Waals surface area contributed by atoms with Crippen LogP contribution >= 0.6 is 0 Å². The van der Waals surface area contributed by atoms with Gasteiger partial charge in [0, 0.05) is 5.56 Å². The van der Waals surface area contributed by atoms with Gasteiger partial charge in [-0.05, 0) is 31.2 Å². The van der Waals surface area contributed by atoms with Crippen molar-refractivity contribution in [3.8, 4) is 6.07 Å². The number of rotatable bonds is 4. The van der Waals surface area contributed by atoms with Gasteiger partial charge in [0.1, 0.15) is 0 Å². The molecule has 1 unspecified atom stereocenters. The zero-order valence-corrected chi connectivity index (χ0v) is 10.9. The number of nitrogens with one attached hydrogen (secondary N) is 1. The molecular weight excluding hydrogens is 258 g/mol. The normalized spacial score (nSPS) is 18.2. The number of imide groups is 1. The number of nitriles is 1. The molecule has 1 N–H and O–H groups in total. The van der Waals surface area contributed by atoms with Crippen LogP contribution in [0.1, 0.15) is 23.7 Å². The van der Waals surface area contributed by atoms with Crippen molar-refractivity contribution >= 4 is 23.3 Å². The zero-order chi connectivity index (χ0) is 14.7. The van der Waals surface area contributed by atoms with Gasteiger partial charge in [-0.15, -0.1) is 0 Å². The number of anilines is 1. The maximum absolute atomic E-state index is 12.1. The lowest BCUT2D eigenvalue weighted by Gasteiger charge is -2.15. The molecule has 1 fully saturated rings. The Morgan fingerprint density at radius 1 is 1.40 bits per heavy atom. The van der Waals surface area contributed by atoms with Crippen LogP contribution in [0.5, 0.6) is 0 Å². The van der Waals surface area contributed by atoms with Gasteiger partial charge < -0.3 is 0 Å². The number of amides is 2. The summed E-state index contributed by atoms with van der Waals surface area (Å²) >= 11 is 0. The van der Waals surface area contributed by atoms with Gasteiger partial charge in [-0.1, -0.05) is 0 Å². The highest BCUT2D eigenvalue weighted by Gasteiger charge is 2.39. The molecule has 2 rings (SSSR count). The lowest BCUT2D eigenvalue weighted by atomic mass is 10.1. The number of hydrogen-bond donors (Lipinski definition) is 1. The first-order chi connectivity index (χ1) is 9.54. The zero-order valence-electron chi connectivity index (χ0n) is 10.9. The summed E-state index contributed by atoms with van der Waals surface area (Å²) in [6.45, 7) is 1.46. The van der Waals surface area contributed by atoms with Crippen molar-refractivity contribution in [3.63, 3.8) is 0 Å². The van der Waals surface area contributed by atoms with E-state index in [0.29, 0.717) is 11.3 Å². The third kappa shape index (κ3) is 2.58. The maximum Gasteiger partial charge on any atom is 0.251 e. The molecule has 102 valence electrons. The Hall–Kier alpha value is -2.52. The smallest absolute Gasteiger partial charge is 0.251 e. The topological polar surface area (TPSA) is 90.3 Å². The first-order valence-electron chi connectivity index (χ1n) is 6.12. The molecule has 2 amide bonds. The monoisotopic (exact) mass is 271 g/mol. The minimum Gasteiger partial charge on any atom is -0.295 e. The van der Waals surface area contributed by atoms with E-state index in [2.05, 4.69) is 5.32 Å². The van der Waals surface area contributed by atoms with Gasteiger partial charge >= 0.3 is 0 Å². The predicted octanol–water partition coefficient (Wildman–Crippen LogP) is 0.634. The van der Waals surface area contributed by atoms with E-state index >= 15 is 0 Å². The van der Waals surface area contributed by atoms with Gasteiger partial charge in [-0.3, -0.25) is 19.7 Å². The van der Waals surface area contributed by atoms with Crippen LogP contribution < -0.4 is 10.2 Å². The SMILES string of the molecule is CC(=O)c1ccc(N2C(=O)CC(NCC#N)C2=O)cc1. The molecule has 1 aliphatic rings. The molecule has 6 heteroatoms. The molecular formula is C14H13N3O3. The summed E-state index contributed by atoms with van der Waals surface area (Å²) < 4.78 is 0. The van der Waals surface area contributed by atoms with Gasteiger partial charge in [0.25, 0.3) is 5.91 Å². The number of Topliss-reactive ketones (excluding diaryl/α,β-unsaturated/α-hetero) is 1. The Balaban J connectivity index is 2.20. The second-order valence-corrected chi connectivity index (χ2v) is 4.47. The Morgan fingerprint density at radius 3 is 2.60 bits per heavy atom. The first-order valence-corrected chi connectivity index (χ1v) is 6.12. The van der Waals surface area contributed by atoms with Gasteiger partial charge in [0.05, 0.1) is 30.8 Å². The quantitative estimate of drug-likeness (QED) is 0.493. The van der Waals surface area contributed by atoms with Crippen LogP contribution in [-0.4, -0.2) is 30.2 Å². The molecule has 1 aromatic rings. The average Bonchev–Trinajstić information content (AvgIpc) is 2.71. The second kappa shape index (κ2) is 5.63.